The molecule has 0 unspecified atom stereocenters. The highest BCUT2D eigenvalue weighted by molar-refractivity contribution is 5.90. The molecule has 6 heteroatoms. The molecule has 6 nitrogen and oxygen atoms in total. The number of hydrogen-bond acceptors (Lipinski definition) is 4. The molecule has 0 radical (unpaired) electrons. The number of amides is 2. The average Bonchev–Trinajstić information content (AvgIpc) is 2.78. The minimum atomic E-state index is -0.227. The first-order valence-electron chi connectivity index (χ1n) is 9.91. The summed E-state index contributed by atoms with van der Waals surface area (Å²) < 4.78 is 11.7. The Labute approximate surface area is 177 Å². The lowest BCUT2D eigenvalue weighted by molar-refractivity contribution is 0.211. The van der Waals surface area contributed by atoms with Gasteiger partial charge in [-0.25, -0.2) is 4.79 Å². The summed E-state index contributed by atoms with van der Waals surface area (Å²) in [5.74, 6) is 0.743. The Kier molecular flexibility index (Phi) is 7.27. The van der Waals surface area contributed by atoms with Crippen molar-refractivity contribution in [1.82, 2.24) is 9.88 Å². The lowest BCUT2D eigenvalue weighted by Gasteiger charge is -2.22. The minimum Gasteiger partial charge on any atom is -0.473 e. The third-order valence-corrected chi connectivity index (χ3v) is 4.62. The van der Waals surface area contributed by atoms with E-state index in [0.29, 0.717) is 30.7 Å². The zero-order valence-electron chi connectivity index (χ0n) is 17.5. The van der Waals surface area contributed by atoms with Crippen molar-refractivity contribution in [3.63, 3.8) is 0 Å². The molecule has 0 aliphatic rings. The first-order valence-corrected chi connectivity index (χ1v) is 9.91. The summed E-state index contributed by atoms with van der Waals surface area (Å²) in [6.07, 6.45) is 0. The van der Waals surface area contributed by atoms with Crippen LogP contribution in [0.5, 0.6) is 11.8 Å². The average molecular weight is 405 g/mol. The molecule has 0 atom stereocenters. The monoisotopic (exact) mass is 405 g/mol. The van der Waals surface area contributed by atoms with Gasteiger partial charge in [0.15, 0.2) is 0 Å². The van der Waals surface area contributed by atoms with Crippen LogP contribution in [-0.2, 0) is 13.2 Å². The largest absolute Gasteiger partial charge is 0.473 e. The van der Waals surface area contributed by atoms with Crippen LogP contribution in [0.4, 0.5) is 10.5 Å². The first kappa shape index (κ1) is 21.2. The molecule has 1 heterocycles. The summed E-state index contributed by atoms with van der Waals surface area (Å²) in [7, 11) is 1.75. The van der Waals surface area contributed by atoms with Crippen molar-refractivity contribution < 1.29 is 14.3 Å². The zero-order chi connectivity index (χ0) is 21.3. The van der Waals surface area contributed by atoms with E-state index >= 15 is 0 Å². The van der Waals surface area contributed by atoms with Crippen molar-refractivity contribution in [3.05, 3.63) is 83.9 Å². The van der Waals surface area contributed by atoms with E-state index in [-0.39, 0.29) is 12.1 Å². The third-order valence-electron chi connectivity index (χ3n) is 4.62. The van der Waals surface area contributed by atoms with E-state index in [1.54, 1.807) is 24.1 Å². The van der Waals surface area contributed by atoms with Gasteiger partial charge in [0, 0.05) is 19.2 Å². The second-order valence-corrected chi connectivity index (χ2v) is 7.19. The molecule has 3 aromatic rings. The van der Waals surface area contributed by atoms with Crippen molar-refractivity contribution in [3.8, 4) is 11.8 Å². The number of anilines is 1. The Bertz CT molecular complexity index is 946. The van der Waals surface area contributed by atoms with Crippen molar-refractivity contribution in [1.29, 1.82) is 0 Å². The first-order chi connectivity index (χ1) is 14.5. The number of benzene rings is 2. The Morgan fingerprint density at radius 3 is 2.03 bits per heavy atom. The van der Waals surface area contributed by atoms with Gasteiger partial charge < -0.3 is 19.7 Å². The van der Waals surface area contributed by atoms with Crippen LogP contribution in [0, 0.1) is 0 Å². The number of carbonyl (C=O) groups is 1. The molecule has 0 saturated heterocycles. The van der Waals surface area contributed by atoms with Gasteiger partial charge in [0.25, 0.3) is 0 Å². The summed E-state index contributed by atoms with van der Waals surface area (Å²) in [5.41, 5.74) is 2.55. The third kappa shape index (κ3) is 5.98. The smallest absolute Gasteiger partial charge is 0.321 e. The SMILES string of the molecule is CC(C)N(C)C(=O)Nc1ccc(OCc2ccccc2)nc1OCc1ccccc1. The molecular weight excluding hydrogens is 378 g/mol. The fourth-order valence-electron chi connectivity index (χ4n) is 2.60. The van der Waals surface area contributed by atoms with Crippen LogP contribution in [-0.4, -0.2) is 29.0 Å². The van der Waals surface area contributed by atoms with Crippen LogP contribution in [0.2, 0.25) is 0 Å². The zero-order valence-corrected chi connectivity index (χ0v) is 17.5. The van der Waals surface area contributed by atoms with Gasteiger partial charge in [-0.15, -0.1) is 0 Å². The van der Waals surface area contributed by atoms with Gasteiger partial charge in [0.1, 0.15) is 18.9 Å². The molecule has 0 spiro atoms. The normalized spacial score (nSPS) is 10.5. The molecule has 30 heavy (non-hydrogen) atoms. The molecular formula is C24H27N3O3. The van der Waals surface area contributed by atoms with Crippen LogP contribution >= 0.6 is 0 Å². The predicted octanol–water partition coefficient (Wildman–Crippen LogP) is 5.11. The maximum absolute atomic E-state index is 12.5. The Morgan fingerprint density at radius 2 is 1.47 bits per heavy atom. The van der Waals surface area contributed by atoms with Gasteiger partial charge in [0.05, 0.1) is 0 Å². The molecule has 0 fully saturated rings. The molecule has 3 rings (SSSR count). The number of rotatable bonds is 8. The molecule has 1 aromatic heterocycles. The number of aromatic nitrogens is 1. The molecule has 2 aromatic carbocycles. The Balaban J connectivity index is 1.76. The van der Waals surface area contributed by atoms with Crippen LogP contribution in [0.1, 0.15) is 25.0 Å². The van der Waals surface area contributed by atoms with E-state index in [4.69, 9.17) is 9.47 Å². The van der Waals surface area contributed by atoms with E-state index in [0.717, 1.165) is 11.1 Å². The Hall–Kier alpha value is -3.54. The van der Waals surface area contributed by atoms with E-state index in [1.165, 1.54) is 0 Å². The van der Waals surface area contributed by atoms with Crippen LogP contribution < -0.4 is 14.8 Å². The van der Waals surface area contributed by atoms with Gasteiger partial charge in [-0.2, -0.15) is 4.98 Å². The quantitative estimate of drug-likeness (QED) is 0.565. The summed E-state index contributed by atoms with van der Waals surface area (Å²) >= 11 is 0. The lowest BCUT2D eigenvalue weighted by atomic mass is 10.2. The fraction of sp³-hybridized carbons (Fsp3) is 0.250. The number of pyridine rings is 1. The van der Waals surface area contributed by atoms with E-state index in [1.807, 2.05) is 74.5 Å². The maximum atomic E-state index is 12.5. The van der Waals surface area contributed by atoms with Gasteiger partial charge in [-0.1, -0.05) is 60.7 Å². The molecule has 0 bridgehead atoms. The molecule has 156 valence electrons. The molecule has 0 aliphatic carbocycles. The van der Waals surface area contributed by atoms with Gasteiger partial charge in [-0.05, 0) is 31.0 Å². The highest BCUT2D eigenvalue weighted by Gasteiger charge is 2.16. The number of urea groups is 1. The number of ether oxygens (including phenoxy) is 2. The van der Waals surface area contributed by atoms with E-state index in [2.05, 4.69) is 10.3 Å². The van der Waals surface area contributed by atoms with Crippen LogP contribution in [0.15, 0.2) is 72.8 Å². The highest BCUT2D eigenvalue weighted by atomic mass is 16.5. The summed E-state index contributed by atoms with van der Waals surface area (Å²) in [6.45, 7) is 4.63. The maximum Gasteiger partial charge on any atom is 0.321 e. The van der Waals surface area contributed by atoms with E-state index < -0.39 is 0 Å². The summed E-state index contributed by atoms with van der Waals surface area (Å²) in [6, 6.07) is 23.0. The van der Waals surface area contributed by atoms with Crippen molar-refractivity contribution in [2.45, 2.75) is 33.1 Å². The lowest BCUT2D eigenvalue weighted by Crippen LogP contribution is -2.36. The van der Waals surface area contributed by atoms with Gasteiger partial charge >= 0.3 is 6.03 Å². The van der Waals surface area contributed by atoms with Gasteiger partial charge in [-0.3, -0.25) is 0 Å². The summed E-state index contributed by atoms with van der Waals surface area (Å²) in [5, 5.41) is 2.87. The highest BCUT2D eigenvalue weighted by Crippen LogP contribution is 2.27. The molecule has 2 amide bonds. The number of nitrogens with one attached hydrogen (secondary N) is 1. The minimum absolute atomic E-state index is 0.0696. The molecule has 0 saturated carbocycles. The molecule has 1 N–H and O–H groups in total. The van der Waals surface area contributed by atoms with Gasteiger partial charge in [0.2, 0.25) is 11.8 Å². The molecule has 0 aliphatic heterocycles. The predicted molar refractivity (Wildman–Crippen MR) is 118 cm³/mol. The number of nitrogens with zero attached hydrogens (tertiary/aromatic N) is 2. The summed E-state index contributed by atoms with van der Waals surface area (Å²) in [4.78, 5) is 18.6. The Morgan fingerprint density at radius 1 is 0.900 bits per heavy atom. The second kappa shape index (κ2) is 10.3. The van der Waals surface area contributed by atoms with Crippen molar-refractivity contribution in [2.24, 2.45) is 0 Å². The van der Waals surface area contributed by atoms with E-state index in [9.17, 15) is 4.79 Å². The van der Waals surface area contributed by atoms with Crippen molar-refractivity contribution >= 4 is 11.7 Å². The van der Waals surface area contributed by atoms with Crippen LogP contribution in [0.25, 0.3) is 0 Å². The number of hydrogen-bond donors (Lipinski definition) is 1. The van der Waals surface area contributed by atoms with Crippen molar-refractivity contribution in [2.75, 3.05) is 12.4 Å². The topological polar surface area (TPSA) is 63.7 Å². The second-order valence-electron chi connectivity index (χ2n) is 7.19. The fourth-order valence-corrected chi connectivity index (χ4v) is 2.60. The standard InChI is InChI=1S/C24H27N3O3/c1-18(2)27(3)24(28)25-21-14-15-22(29-16-19-10-6-4-7-11-19)26-23(21)30-17-20-12-8-5-9-13-20/h4-15,18H,16-17H2,1-3H3,(H,25,28). The number of carbonyl (C=O) groups excluding carboxylic acids is 1. The van der Waals surface area contributed by atoms with Crippen LogP contribution in [0.3, 0.4) is 0 Å².